The third kappa shape index (κ3) is 6.11. The first-order chi connectivity index (χ1) is 15.6. The molecular weight excluding hydrogens is 408 g/mol. The highest BCUT2D eigenvalue weighted by Gasteiger charge is 2.15. The van der Waals surface area contributed by atoms with E-state index in [9.17, 15) is 9.59 Å². The van der Waals surface area contributed by atoms with E-state index in [1.54, 1.807) is 36.4 Å². The van der Waals surface area contributed by atoms with Gasteiger partial charge in [-0.2, -0.15) is 0 Å². The van der Waals surface area contributed by atoms with Crippen molar-refractivity contribution in [2.45, 2.75) is 27.1 Å². The van der Waals surface area contributed by atoms with Crippen LogP contribution in [0.2, 0.25) is 0 Å². The molecule has 0 heterocycles. The van der Waals surface area contributed by atoms with Gasteiger partial charge in [-0.3, -0.25) is 0 Å². The van der Waals surface area contributed by atoms with Crippen molar-refractivity contribution < 1.29 is 28.5 Å². The van der Waals surface area contributed by atoms with Gasteiger partial charge in [-0.15, -0.1) is 0 Å². The van der Waals surface area contributed by atoms with Crippen LogP contribution in [0.5, 0.6) is 11.5 Å². The van der Waals surface area contributed by atoms with E-state index >= 15 is 0 Å². The molecule has 6 nitrogen and oxygen atoms in total. The number of ether oxygens (including phenoxy) is 4. The Labute approximate surface area is 187 Å². The lowest BCUT2D eigenvalue weighted by Crippen LogP contribution is -2.09. The highest BCUT2D eigenvalue weighted by Crippen LogP contribution is 2.21. The van der Waals surface area contributed by atoms with E-state index in [0.29, 0.717) is 35.8 Å². The van der Waals surface area contributed by atoms with Gasteiger partial charge in [-0.1, -0.05) is 48.5 Å². The number of hydrogen-bond donors (Lipinski definition) is 0. The fourth-order valence-electron chi connectivity index (χ4n) is 3.02. The van der Waals surface area contributed by atoms with Gasteiger partial charge in [0.1, 0.15) is 35.8 Å². The van der Waals surface area contributed by atoms with Crippen LogP contribution in [-0.4, -0.2) is 25.2 Å². The summed E-state index contributed by atoms with van der Waals surface area (Å²) in [6, 6.07) is 21.3. The van der Waals surface area contributed by atoms with E-state index in [4.69, 9.17) is 18.9 Å². The molecule has 166 valence electrons. The van der Waals surface area contributed by atoms with Crippen LogP contribution in [0.1, 0.15) is 45.7 Å². The normalized spacial score (nSPS) is 10.3. The Hall–Kier alpha value is -3.80. The fraction of sp³-hybridized carbons (Fsp3) is 0.231. The van der Waals surface area contributed by atoms with Crippen molar-refractivity contribution in [1.82, 2.24) is 0 Å². The minimum Gasteiger partial charge on any atom is -0.493 e. The maximum absolute atomic E-state index is 12.4. The fourth-order valence-corrected chi connectivity index (χ4v) is 3.02. The number of benzene rings is 3. The largest absolute Gasteiger partial charge is 0.493 e. The first-order valence-corrected chi connectivity index (χ1v) is 10.5. The van der Waals surface area contributed by atoms with Crippen molar-refractivity contribution in [3.63, 3.8) is 0 Å². The van der Waals surface area contributed by atoms with Crippen LogP contribution in [0.3, 0.4) is 0 Å². The lowest BCUT2D eigenvalue weighted by molar-refractivity contribution is 0.0455. The van der Waals surface area contributed by atoms with Gasteiger partial charge in [-0.05, 0) is 49.2 Å². The maximum Gasteiger partial charge on any atom is 0.342 e. The lowest BCUT2D eigenvalue weighted by atomic mass is 10.1. The molecule has 0 spiro atoms. The zero-order chi connectivity index (χ0) is 22.8. The number of esters is 2. The van der Waals surface area contributed by atoms with Gasteiger partial charge in [0.15, 0.2) is 0 Å². The third-order valence-electron chi connectivity index (χ3n) is 4.58. The monoisotopic (exact) mass is 434 g/mol. The highest BCUT2D eigenvalue weighted by molar-refractivity contribution is 5.93. The molecule has 0 N–H and O–H groups in total. The Bertz CT molecular complexity index is 958. The summed E-state index contributed by atoms with van der Waals surface area (Å²) in [4.78, 5) is 24.8. The molecule has 0 saturated heterocycles. The Morgan fingerprint density at radius 3 is 1.34 bits per heavy atom. The number of carbonyl (C=O) groups is 2. The molecule has 0 atom stereocenters. The zero-order valence-corrected chi connectivity index (χ0v) is 18.2. The predicted molar refractivity (Wildman–Crippen MR) is 120 cm³/mol. The number of rotatable bonds is 10. The van der Waals surface area contributed by atoms with Gasteiger partial charge in [0, 0.05) is 0 Å². The number of para-hydroxylation sites is 2. The quantitative estimate of drug-likeness (QED) is 0.409. The van der Waals surface area contributed by atoms with Crippen LogP contribution in [0.4, 0.5) is 0 Å². The van der Waals surface area contributed by atoms with Crippen molar-refractivity contribution >= 4 is 11.9 Å². The SMILES string of the molecule is CCOc1ccccc1C(=O)OCc1ccc(COC(=O)c2ccccc2OCC)cc1. The van der Waals surface area contributed by atoms with Crippen LogP contribution < -0.4 is 9.47 Å². The molecule has 6 heteroatoms. The molecule has 0 amide bonds. The van der Waals surface area contributed by atoms with Crippen molar-refractivity contribution in [2.24, 2.45) is 0 Å². The maximum atomic E-state index is 12.4. The smallest absolute Gasteiger partial charge is 0.342 e. The first-order valence-electron chi connectivity index (χ1n) is 10.5. The average molecular weight is 434 g/mol. The second-order valence-corrected chi connectivity index (χ2v) is 6.83. The Morgan fingerprint density at radius 1 is 0.594 bits per heavy atom. The molecule has 0 bridgehead atoms. The van der Waals surface area contributed by atoms with Crippen molar-refractivity contribution in [3.05, 3.63) is 95.1 Å². The summed E-state index contributed by atoms with van der Waals surface area (Å²) in [5.74, 6) is 0.117. The van der Waals surface area contributed by atoms with Gasteiger partial charge >= 0.3 is 11.9 Å². The number of carbonyl (C=O) groups excluding carboxylic acids is 2. The van der Waals surface area contributed by atoms with E-state index in [0.717, 1.165) is 11.1 Å². The molecule has 0 aromatic heterocycles. The molecule has 3 aromatic carbocycles. The summed E-state index contributed by atoms with van der Waals surface area (Å²) >= 11 is 0. The summed E-state index contributed by atoms with van der Waals surface area (Å²) < 4.78 is 21.8. The molecule has 0 aliphatic rings. The van der Waals surface area contributed by atoms with Gasteiger partial charge < -0.3 is 18.9 Å². The second-order valence-electron chi connectivity index (χ2n) is 6.83. The molecular formula is C26H26O6. The summed E-state index contributed by atoms with van der Waals surface area (Å²) in [5, 5.41) is 0. The molecule has 0 aliphatic carbocycles. The minimum atomic E-state index is -0.444. The molecule has 0 fully saturated rings. The summed E-state index contributed by atoms with van der Waals surface area (Å²) in [6.45, 7) is 4.90. The standard InChI is InChI=1S/C26H26O6/c1-3-29-23-11-7-5-9-21(23)25(27)31-17-19-13-15-20(16-14-19)18-32-26(28)22-10-6-8-12-24(22)30-4-2/h5-16H,3-4,17-18H2,1-2H3. The Morgan fingerprint density at radius 2 is 0.969 bits per heavy atom. The predicted octanol–water partition coefficient (Wildman–Crippen LogP) is 5.20. The Kier molecular flexibility index (Phi) is 8.26. The van der Waals surface area contributed by atoms with Crippen molar-refractivity contribution in [2.75, 3.05) is 13.2 Å². The van der Waals surface area contributed by atoms with E-state index in [2.05, 4.69) is 0 Å². The molecule has 0 radical (unpaired) electrons. The van der Waals surface area contributed by atoms with Crippen molar-refractivity contribution in [3.8, 4) is 11.5 Å². The van der Waals surface area contributed by atoms with E-state index in [1.807, 2.05) is 50.2 Å². The molecule has 3 aromatic rings. The van der Waals surface area contributed by atoms with Crippen LogP contribution in [0, 0.1) is 0 Å². The van der Waals surface area contributed by atoms with Crippen LogP contribution in [0.25, 0.3) is 0 Å². The Balaban J connectivity index is 1.53. The van der Waals surface area contributed by atoms with Gasteiger partial charge in [0.2, 0.25) is 0 Å². The van der Waals surface area contributed by atoms with E-state index in [-0.39, 0.29) is 13.2 Å². The molecule has 3 rings (SSSR count). The van der Waals surface area contributed by atoms with Gasteiger partial charge in [0.05, 0.1) is 13.2 Å². The molecule has 32 heavy (non-hydrogen) atoms. The van der Waals surface area contributed by atoms with Crippen LogP contribution in [0.15, 0.2) is 72.8 Å². The van der Waals surface area contributed by atoms with Crippen molar-refractivity contribution in [1.29, 1.82) is 0 Å². The lowest BCUT2D eigenvalue weighted by Gasteiger charge is -2.11. The first kappa shape index (κ1) is 22.9. The summed E-state index contributed by atoms with van der Waals surface area (Å²) in [5.41, 5.74) is 2.43. The summed E-state index contributed by atoms with van der Waals surface area (Å²) in [7, 11) is 0. The molecule has 0 unspecified atom stereocenters. The molecule has 0 saturated carbocycles. The topological polar surface area (TPSA) is 71.1 Å². The summed E-state index contributed by atoms with van der Waals surface area (Å²) in [6.07, 6.45) is 0. The third-order valence-corrected chi connectivity index (χ3v) is 4.58. The second kappa shape index (κ2) is 11.6. The average Bonchev–Trinajstić information content (AvgIpc) is 2.83. The van der Waals surface area contributed by atoms with Gasteiger partial charge in [0.25, 0.3) is 0 Å². The zero-order valence-electron chi connectivity index (χ0n) is 18.2. The van der Waals surface area contributed by atoms with Crippen LogP contribution >= 0.6 is 0 Å². The minimum absolute atomic E-state index is 0.126. The van der Waals surface area contributed by atoms with E-state index < -0.39 is 11.9 Å². The van der Waals surface area contributed by atoms with E-state index in [1.165, 1.54) is 0 Å². The van der Waals surface area contributed by atoms with Crippen LogP contribution in [-0.2, 0) is 22.7 Å². The highest BCUT2D eigenvalue weighted by atomic mass is 16.5. The van der Waals surface area contributed by atoms with Gasteiger partial charge in [-0.25, -0.2) is 9.59 Å². The number of hydrogen-bond acceptors (Lipinski definition) is 6. The molecule has 0 aliphatic heterocycles.